The fourth-order valence-corrected chi connectivity index (χ4v) is 5.98. The van der Waals surface area contributed by atoms with Crippen molar-refractivity contribution in [3.63, 3.8) is 0 Å². The first-order valence-corrected chi connectivity index (χ1v) is 13.4. The van der Waals surface area contributed by atoms with Crippen LogP contribution in [0.1, 0.15) is 41.5 Å². The minimum Gasteiger partial charge on any atom is -0.383 e. The summed E-state index contributed by atoms with van der Waals surface area (Å²) in [6.07, 6.45) is -0.319. The van der Waals surface area contributed by atoms with Gasteiger partial charge >= 0.3 is 11.9 Å². The first-order valence-electron chi connectivity index (χ1n) is 13.4. The zero-order chi connectivity index (χ0) is 28.9. The Hall–Kier alpha value is -3.55. The number of ether oxygens (including phenoxy) is 2. The maximum atomic E-state index is 15.9. The molecule has 0 spiro atoms. The predicted molar refractivity (Wildman–Crippen MR) is 141 cm³/mol. The van der Waals surface area contributed by atoms with Crippen molar-refractivity contribution in [1.29, 1.82) is 0 Å². The minimum absolute atomic E-state index is 0.0826. The van der Waals surface area contributed by atoms with E-state index >= 15 is 4.39 Å². The highest BCUT2D eigenvalue weighted by molar-refractivity contribution is 5.58. The molecule has 1 aromatic carbocycles. The van der Waals surface area contributed by atoms with Gasteiger partial charge in [-0.05, 0) is 48.7 Å². The maximum absolute atomic E-state index is 15.9. The van der Waals surface area contributed by atoms with Crippen LogP contribution >= 0.6 is 0 Å². The largest absolute Gasteiger partial charge is 0.418 e. The molecule has 218 valence electrons. The maximum Gasteiger partial charge on any atom is 0.418 e. The molecule has 4 aromatic rings. The van der Waals surface area contributed by atoms with E-state index in [1.807, 2.05) is 0 Å². The Bertz CT molecular complexity index is 1620. The molecule has 0 amide bonds. The first kappa shape index (κ1) is 27.6. The third kappa shape index (κ3) is 4.75. The Morgan fingerprint density at radius 3 is 2.68 bits per heavy atom. The van der Waals surface area contributed by atoms with Crippen LogP contribution in [0.2, 0.25) is 0 Å². The molecule has 0 N–H and O–H groups in total. The fraction of sp³-hybridized carbons (Fsp3) is 0.464. The first-order chi connectivity index (χ1) is 19.6. The number of methoxy groups -OCH3 is 1. The van der Waals surface area contributed by atoms with E-state index in [4.69, 9.17) is 9.47 Å². The molecule has 0 saturated carbocycles. The van der Waals surface area contributed by atoms with Crippen LogP contribution < -0.4 is 5.69 Å². The Morgan fingerprint density at radius 1 is 1.22 bits per heavy atom. The number of hydrogen-bond donors (Lipinski definition) is 0. The van der Waals surface area contributed by atoms with Gasteiger partial charge in [-0.25, -0.2) is 9.18 Å². The van der Waals surface area contributed by atoms with Gasteiger partial charge in [0.2, 0.25) is 0 Å². The van der Waals surface area contributed by atoms with Gasteiger partial charge in [-0.1, -0.05) is 12.1 Å². The van der Waals surface area contributed by atoms with Gasteiger partial charge in [0.1, 0.15) is 6.33 Å². The third-order valence-electron chi connectivity index (χ3n) is 8.25. The number of fused-ring (bicyclic) bond motifs is 1. The fourth-order valence-electron chi connectivity index (χ4n) is 5.98. The molecule has 2 aliphatic rings. The summed E-state index contributed by atoms with van der Waals surface area (Å²) in [6.45, 7) is 1.66. The van der Waals surface area contributed by atoms with Gasteiger partial charge in [0.05, 0.1) is 42.0 Å². The molecular formula is C28H30F4N6O3. The van der Waals surface area contributed by atoms with Crippen LogP contribution in [-0.4, -0.2) is 68.1 Å². The Morgan fingerprint density at radius 2 is 2.02 bits per heavy atom. The molecule has 2 saturated heterocycles. The minimum atomic E-state index is -4.68. The van der Waals surface area contributed by atoms with E-state index in [0.29, 0.717) is 23.4 Å². The number of nitrogens with zero attached hydrogens (tertiary/aromatic N) is 6. The van der Waals surface area contributed by atoms with Crippen molar-refractivity contribution in [1.82, 2.24) is 28.6 Å². The van der Waals surface area contributed by atoms with Gasteiger partial charge in [0, 0.05) is 39.1 Å². The molecule has 6 rings (SSSR count). The van der Waals surface area contributed by atoms with Crippen molar-refractivity contribution < 1.29 is 27.0 Å². The Labute approximate surface area is 232 Å². The van der Waals surface area contributed by atoms with Crippen LogP contribution in [0.4, 0.5) is 17.6 Å². The van der Waals surface area contributed by atoms with Crippen molar-refractivity contribution in [2.24, 2.45) is 7.05 Å². The highest BCUT2D eigenvalue weighted by Gasteiger charge is 2.50. The van der Waals surface area contributed by atoms with E-state index in [1.54, 1.807) is 38.4 Å². The van der Waals surface area contributed by atoms with E-state index in [1.165, 1.54) is 27.9 Å². The van der Waals surface area contributed by atoms with Crippen molar-refractivity contribution in [2.45, 2.75) is 43.2 Å². The lowest BCUT2D eigenvalue weighted by molar-refractivity contribution is -0.136. The van der Waals surface area contributed by atoms with Crippen LogP contribution in [0.25, 0.3) is 11.2 Å². The zero-order valence-electron chi connectivity index (χ0n) is 22.6. The summed E-state index contributed by atoms with van der Waals surface area (Å²) in [7, 11) is 3.25. The van der Waals surface area contributed by atoms with E-state index < -0.39 is 29.0 Å². The van der Waals surface area contributed by atoms with Gasteiger partial charge in [-0.3, -0.25) is 13.9 Å². The summed E-state index contributed by atoms with van der Waals surface area (Å²) in [6, 6.07) is 7.84. The van der Waals surface area contributed by atoms with Crippen molar-refractivity contribution in [3.8, 4) is 5.69 Å². The molecule has 2 aliphatic heterocycles. The summed E-state index contributed by atoms with van der Waals surface area (Å²) < 4.78 is 73.0. The van der Waals surface area contributed by atoms with E-state index in [0.717, 1.165) is 29.9 Å². The topological polar surface area (TPSA) is 78.8 Å². The Kier molecular flexibility index (Phi) is 6.99. The summed E-state index contributed by atoms with van der Waals surface area (Å²) in [4.78, 5) is 15.7. The lowest BCUT2D eigenvalue weighted by Crippen LogP contribution is -2.50. The van der Waals surface area contributed by atoms with Gasteiger partial charge in [-0.2, -0.15) is 13.2 Å². The van der Waals surface area contributed by atoms with Crippen LogP contribution in [0.5, 0.6) is 0 Å². The number of hydrogen-bond acceptors (Lipinski definition) is 6. The van der Waals surface area contributed by atoms with Gasteiger partial charge in [0.15, 0.2) is 12.0 Å². The number of halogens is 4. The second-order valence-corrected chi connectivity index (χ2v) is 10.9. The van der Waals surface area contributed by atoms with Crippen molar-refractivity contribution >= 4 is 5.52 Å². The van der Waals surface area contributed by atoms with Crippen LogP contribution in [0, 0.1) is 0 Å². The number of pyridine rings is 1. The molecule has 5 heterocycles. The number of benzene rings is 1. The van der Waals surface area contributed by atoms with Gasteiger partial charge < -0.3 is 14.0 Å². The quantitative estimate of drug-likeness (QED) is 0.298. The summed E-state index contributed by atoms with van der Waals surface area (Å²) in [5.41, 5.74) is -1.61. The molecule has 0 aliphatic carbocycles. The average molecular weight is 575 g/mol. The molecule has 1 unspecified atom stereocenters. The highest BCUT2D eigenvalue weighted by atomic mass is 19.4. The van der Waals surface area contributed by atoms with E-state index in [9.17, 15) is 18.0 Å². The normalized spacial score (nSPS) is 20.0. The molecule has 0 bridgehead atoms. The molecule has 13 heteroatoms. The van der Waals surface area contributed by atoms with Crippen LogP contribution in [0.15, 0.2) is 53.8 Å². The lowest BCUT2D eigenvalue weighted by atomic mass is 9.74. The molecule has 2 atom stereocenters. The van der Waals surface area contributed by atoms with Gasteiger partial charge in [0.25, 0.3) is 0 Å². The van der Waals surface area contributed by atoms with Gasteiger partial charge in [-0.15, -0.1) is 10.2 Å². The summed E-state index contributed by atoms with van der Waals surface area (Å²) in [5.74, 6) is 0.138. The molecule has 2 fully saturated rings. The third-order valence-corrected chi connectivity index (χ3v) is 8.25. The number of rotatable bonds is 8. The number of likely N-dealkylation sites (tertiary alicyclic amines) is 1. The molecule has 0 radical (unpaired) electrons. The standard InChI is InChI=1S/C28H30F4N6O3/c1-35-17-33-34-25(35)24(29)27(15-41-16-27)19-5-3-6-20(10-19)37-13-23-22(28(30,31)32)9-18(12-38(23)26(37)39)11-36-8-4-7-21(36)14-40-2/h3,5-6,9-10,12-13,17,21,24H,4,7-8,11,14-16H2,1-2H3/t21-,24?/m1/s1. The second kappa shape index (κ2) is 10.4. The second-order valence-electron chi connectivity index (χ2n) is 10.9. The average Bonchev–Trinajstić information content (AvgIpc) is 3.62. The molecule has 3 aromatic heterocycles. The predicted octanol–water partition coefficient (Wildman–Crippen LogP) is 3.83. The molecular weight excluding hydrogens is 544 g/mol. The van der Waals surface area contributed by atoms with E-state index in [2.05, 4.69) is 15.1 Å². The smallest absolute Gasteiger partial charge is 0.383 e. The van der Waals surface area contributed by atoms with Crippen molar-refractivity contribution in [2.75, 3.05) is 33.5 Å². The molecule has 41 heavy (non-hydrogen) atoms. The number of imidazole rings is 1. The number of alkyl halides is 4. The Balaban J connectivity index is 1.41. The summed E-state index contributed by atoms with van der Waals surface area (Å²) in [5, 5.41) is 7.68. The number of aromatic nitrogens is 5. The van der Waals surface area contributed by atoms with Crippen LogP contribution in [-0.2, 0) is 34.7 Å². The zero-order valence-corrected chi connectivity index (χ0v) is 22.6. The molecule has 9 nitrogen and oxygen atoms in total. The van der Waals surface area contributed by atoms with E-state index in [-0.39, 0.29) is 37.1 Å². The number of aryl methyl sites for hydroxylation is 1. The monoisotopic (exact) mass is 574 g/mol. The highest BCUT2D eigenvalue weighted by Crippen LogP contribution is 2.45. The lowest BCUT2D eigenvalue weighted by Gasteiger charge is -2.43. The van der Waals surface area contributed by atoms with Crippen LogP contribution in [0.3, 0.4) is 0 Å². The summed E-state index contributed by atoms with van der Waals surface area (Å²) >= 11 is 0. The SMILES string of the molecule is COC[C@H]1CCCN1Cc1cc(C(F)(F)F)c2cn(-c3cccc(C4(C(F)c5nncn5C)COC4)c3)c(=O)n2c1. The van der Waals surface area contributed by atoms with Crippen molar-refractivity contribution in [3.05, 3.63) is 82.1 Å².